The van der Waals surface area contributed by atoms with Crippen LogP contribution in [0.3, 0.4) is 0 Å². The number of nitrogens with one attached hydrogen (secondary N) is 4. The molecule has 4 heterocycles. The number of carbonyl (C=O) groups excluding carboxylic acids is 4. The van der Waals surface area contributed by atoms with Gasteiger partial charge in [0.15, 0.2) is 0 Å². The molecule has 0 bridgehead atoms. The molecule has 51 heavy (non-hydrogen) atoms. The monoisotopic (exact) mass is 720 g/mol. The van der Waals surface area contributed by atoms with Gasteiger partial charge in [-0.3, -0.25) is 29.0 Å². The maximum Gasteiger partial charge on any atom is 0.269 e. The van der Waals surface area contributed by atoms with Gasteiger partial charge in [0, 0.05) is 30.6 Å². The van der Waals surface area contributed by atoms with E-state index in [0.717, 1.165) is 12.8 Å². The zero-order valence-electron chi connectivity index (χ0n) is 28.0. The molecule has 0 spiro atoms. The molecule has 3 fully saturated rings. The van der Waals surface area contributed by atoms with Crippen molar-refractivity contribution in [3.05, 3.63) is 54.4 Å². The zero-order valence-corrected chi connectivity index (χ0v) is 28.8. The van der Waals surface area contributed by atoms with Gasteiger partial charge >= 0.3 is 0 Å². The minimum absolute atomic E-state index is 0.0182. The van der Waals surface area contributed by atoms with E-state index in [1.807, 2.05) is 12.2 Å². The lowest BCUT2D eigenvalue weighted by Crippen LogP contribution is -2.58. The SMILES string of the molecule is COc1ccc(-c2nnn([C@@H]3C[C@H]4C(=O)N[C@@]5(C(=O)NS(=O)(=O)C6CC6)C[C@H]5/C=C\CCCCC[C@@H](NC(=O)c5ccn[nH]5)C(=O)N4C3)n2)cc1. The first kappa shape index (κ1) is 34.3. The quantitative estimate of drug-likeness (QED) is 0.241. The summed E-state index contributed by atoms with van der Waals surface area (Å²) >= 11 is 0. The largest absolute Gasteiger partial charge is 0.497 e. The second-order valence-corrected chi connectivity index (χ2v) is 15.5. The molecule has 5 atom stereocenters. The van der Waals surface area contributed by atoms with Crippen LogP contribution in [0.15, 0.2) is 48.7 Å². The van der Waals surface area contributed by atoms with Crippen molar-refractivity contribution in [3.63, 3.8) is 0 Å². The summed E-state index contributed by atoms with van der Waals surface area (Å²) < 4.78 is 33.0. The molecule has 2 aromatic heterocycles. The van der Waals surface area contributed by atoms with Crippen molar-refractivity contribution in [1.29, 1.82) is 0 Å². The van der Waals surface area contributed by atoms with E-state index >= 15 is 0 Å². The van der Waals surface area contributed by atoms with Crippen LogP contribution in [-0.4, -0.2) is 104 Å². The molecular weight excluding hydrogens is 680 g/mol. The van der Waals surface area contributed by atoms with Gasteiger partial charge in [0.05, 0.1) is 18.4 Å². The predicted octanol–water partition coefficient (Wildman–Crippen LogP) is 1.02. The molecule has 7 rings (SSSR count). The topological polar surface area (TPSA) is 223 Å². The zero-order chi connectivity index (χ0) is 35.8. The Balaban J connectivity index is 1.19. The number of sulfonamides is 1. The van der Waals surface area contributed by atoms with E-state index in [1.54, 1.807) is 31.4 Å². The number of allylic oxidation sites excluding steroid dienone is 1. The summed E-state index contributed by atoms with van der Waals surface area (Å²) in [6.45, 7) is 0.0182. The average Bonchev–Trinajstić information content (AvgIpc) is 3.84. The molecule has 1 aromatic carbocycles. The Bertz CT molecular complexity index is 1930. The van der Waals surface area contributed by atoms with Gasteiger partial charge in [0.25, 0.3) is 11.8 Å². The summed E-state index contributed by atoms with van der Waals surface area (Å²) in [6.07, 6.45) is 9.69. The Labute approximate surface area is 294 Å². The maximum absolute atomic E-state index is 14.4. The fourth-order valence-corrected chi connectivity index (χ4v) is 8.16. The fourth-order valence-electron chi connectivity index (χ4n) is 6.80. The van der Waals surface area contributed by atoms with Crippen molar-refractivity contribution in [2.24, 2.45) is 5.92 Å². The Morgan fingerprint density at radius 2 is 1.86 bits per heavy atom. The number of aromatic nitrogens is 6. The smallest absolute Gasteiger partial charge is 0.269 e. The van der Waals surface area contributed by atoms with Crippen LogP contribution in [0.5, 0.6) is 5.75 Å². The first-order chi connectivity index (χ1) is 24.6. The molecule has 270 valence electrons. The van der Waals surface area contributed by atoms with Crippen LogP contribution >= 0.6 is 0 Å². The van der Waals surface area contributed by atoms with E-state index in [0.29, 0.717) is 49.2 Å². The molecule has 4 amide bonds. The molecule has 2 aliphatic heterocycles. The first-order valence-electron chi connectivity index (χ1n) is 17.2. The minimum atomic E-state index is -3.88. The van der Waals surface area contributed by atoms with E-state index in [9.17, 15) is 27.6 Å². The summed E-state index contributed by atoms with van der Waals surface area (Å²) in [5.74, 6) is -1.83. The molecule has 0 radical (unpaired) electrons. The highest BCUT2D eigenvalue weighted by Gasteiger charge is 2.62. The molecule has 4 N–H and O–H groups in total. The summed E-state index contributed by atoms with van der Waals surface area (Å²) in [5.41, 5.74) is -0.625. The van der Waals surface area contributed by atoms with Gasteiger partial charge in [0.2, 0.25) is 27.7 Å². The van der Waals surface area contributed by atoms with Crippen molar-refractivity contribution in [3.8, 4) is 17.1 Å². The number of carbonyl (C=O) groups is 4. The molecule has 0 unspecified atom stereocenters. The summed E-state index contributed by atoms with van der Waals surface area (Å²) in [7, 11) is -2.32. The molecule has 1 saturated heterocycles. The van der Waals surface area contributed by atoms with Crippen LogP contribution in [0.25, 0.3) is 11.4 Å². The second-order valence-electron chi connectivity index (χ2n) is 13.6. The van der Waals surface area contributed by atoms with E-state index in [4.69, 9.17) is 4.74 Å². The molecule has 18 heteroatoms. The van der Waals surface area contributed by atoms with E-state index in [1.165, 1.54) is 22.0 Å². The van der Waals surface area contributed by atoms with Crippen LogP contribution in [0.2, 0.25) is 0 Å². The van der Waals surface area contributed by atoms with Crippen LogP contribution in [-0.2, 0) is 24.4 Å². The van der Waals surface area contributed by atoms with E-state index < -0.39 is 68.5 Å². The van der Waals surface area contributed by atoms with Crippen LogP contribution in [0.1, 0.15) is 74.3 Å². The lowest BCUT2D eigenvalue weighted by Gasteiger charge is -2.30. The highest BCUT2D eigenvalue weighted by atomic mass is 32.2. The number of ether oxygens (including phenoxy) is 1. The Morgan fingerprint density at radius 1 is 1.06 bits per heavy atom. The van der Waals surface area contributed by atoms with Gasteiger partial charge in [-0.1, -0.05) is 25.0 Å². The molecule has 4 aliphatic rings. The standard InChI is InChI=1S/C33H40N10O7S/c1-50-23-11-9-20(10-12-23)28-38-41-43(39-28)22-17-27-30(45)36-33(32(47)40-51(48,49)24-13-14-24)18-21(33)7-5-3-2-4-6-8-26(31(46)42(27)19-22)35-29(44)25-15-16-34-37-25/h5,7,9-12,15-16,21-22,24,26-27H,2-4,6,8,13-14,17-19H2,1H3,(H,34,37)(H,35,44)(H,36,45)(H,40,47)/b7-5-/t21-,22-,26-,27+,33+/m1/s1. The summed E-state index contributed by atoms with van der Waals surface area (Å²) in [4.78, 5) is 58.2. The third-order valence-corrected chi connectivity index (χ3v) is 11.8. The number of tetrazole rings is 1. The molecule has 2 saturated carbocycles. The Kier molecular flexibility index (Phi) is 9.34. The molecule has 17 nitrogen and oxygen atoms in total. The molecular formula is C33H40N10O7S. The van der Waals surface area contributed by atoms with Gasteiger partial charge in [0.1, 0.15) is 29.1 Å². The third-order valence-electron chi connectivity index (χ3n) is 10.0. The first-order valence-corrected chi connectivity index (χ1v) is 18.7. The number of hydrogen-bond acceptors (Lipinski definition) is 11. The van der Waals surface area contributed by atoms with Crippen LogP contribution < -0.4 is 20.1 Å². The lowest BCUT2D eigenvalue weighted by molar-refractivity contribution is -0.141. The lowest BCUT2D eigenvalue weighted by atomic mass is 10.0. The summed E-state index contributed by atoms with van der Waals surface area (Å²) in [5, 5.41) is 24.5. The number of hydrogen-bond donors (Lipinski definition) is 4. The number of fused-ring (bicyclic) bond motifs is 2. The van der Waals surface area contributed by atoms with Crippen LogP contribution in [0, 0.1) is 5.92 Å². The van der Waals surface area contributed by atoms with Crippen molar-refractivity contribution in [2.45, 2.75) is 86.7 Å². The van der Waals surface area contributed by atoms with Crippen molar-refractivity contribution < 1.29 is 32.3 Å². The number of amides is 4. The van der Waals surface area contributed by atoms with E-state index in [2.05, 4.69) is 41.0 Å². The Morgan fingerprint density at radius 3 is 2.59 bits per heavy atom. The van der Waals surface area contributed by atoms with Gasteiger partial charge in [-0.15, -0.1) is 10.2 Å². The van der Waals surface area contributed by atoms with Gasteiger partial charge < -0.3 is 20.3 Å². The fraction of sp³-hybridized carbons (Fsp3) is 0.515. The van der Waals surface area contributed by atoms with Crippen molar-refractivity contribution in [2.75, 3.05) is 13.7 Å². The third kappa shape index (κ3) is 7.22. The number of H-pyrrole nitrogens is 1. The molecule has 3 aromatic rings. The Hall–Kier alpha value is -5.13. The normalized spacial score (nSPS) is 27.6. The average molecular weight is 721 g/mol. The highest BCUT2D eigenvalue weighted by molar-refractivity contribution is 7.91. The van der Waals surface area contributed by atoms with Gasteiger partial charge in [-0.05, 0) is 74.1 Å². The number of nitrogens with zero attached hydrogens (tertiary/aromatic N) is 6. The predicted molar refractivity (Wildman–Crippen MR) is 180 cm³/mol. The van der Waals surface area contributed by atoms with Crippen LogP contribution in [0.4, 0.5) is 0 Å². The van der Waals surface area contributed by atoms with Gasteiger partial charge in [-0.2, -0.15) is 9.90 Å². The second kappa shape index (κ2) is 13.9. The number of aromatic amines is 1. The van der Waals surface area contributed by atoms with E-state index in [-0.39, 0.29) is 25.1 Å². The maximum atomic E-state index is 14.4. The highest BCUT2D eigenvalue weighted by Crippen LogP contribution is 2.46. The minimum Gasteiger partial charge on any atom is -0.497 e. The number of rotatable bonds is 8. The summed E-state index contributed by atoms with van der Waals surface area (Å²) in [6, 6.07) is 5.97. The van der Waals surface area contributed by atoms with Crippen molar-refractivity contribution in [1.82, 2.24) is 50.7 Å². The van der Waals surface area contributed by atoms with Gasteiger partial charge in [-0.25, -0.2) is 8.42 Å². The molecule has 2 aliphatic carbocycles. The number of methoxy groups -OCH3 is 1. The number of benzene rings is 1. The van der Waals surface area contributed by atoms with Crippen molar-refractivity contribution >= 4 is 33.7 Å².